The second-order valence-corrected chi connectivity index (χ2v) is 3.05. The third-order valence-electron chi connectivity index (χ3n) is 2.09. The second kappa shape index (κ2) is 3.53. The second-order valence-electron chi connectivity index (χ2n) is 3.05. The Kier molecular flexibility index (Phi) is 2.22. The fraction of sp³-hybridized carbons (Fsp3) is 0.333. The number of aromatic nitrogens is 1. The van der Waals surface area contributed by atoms with Crippen molar-refractivity contribution in [1.82, 2.24) is 4.98 Å². The zero-order valence-corrected chi connectivity index (χ0v) is 7.64. The highest BCUT2D eigenvalue weighted by Crippen LogP contribution is 2.23. The van der Waals surface area contributed by atoms with Gasteiger partial charge < -0.3 is 10.5 Å². The van der Waals surface area contributed by atoms with Crippen LogP contribution in [0.25, 0.3) is 0 Å². The van der Waals surface area contributed by atoms with Crippen LogP contribution in [-0.2, 0) is 4.74 Å². The topological polar surface area (TPSA) is 68.4 Å². The summed E-state index contributed by atoms with van der Waals surface area (Å²) < 4.78 is 4.91. The minimum Gasteiger partial charge on any atom is -0.449 e. The third-order valence-corrected chi connectivity index (χ3v) is 2.09. The van der Waals surface area contributed by atoms with E-state index in [4.69, 9.17) is 10.5 Å². The van der Waals surface area contributed by atoms with Gasteiger partial charge in [0.25, 0.3) is 0 Å². The van der Waals surface area contributed by atoms with Gasteiger partial charge in [0, 0.05) is 12.7 Å². The molecule has 0 aromatic carbocycles. The molecule has 1 fully saturated rings. The fourth-order valence-electron chi connectivity index (χ4n) is 1.42. The van der Waals surface area contributed by atoms with Crippen molar-refractivity contribution in [3.05, 3.63) is 18.5 Å². The first-order valence-corrected chi connectivity index (χ1v) is 4.43. The van der Waals surface area contributed by atoms with Gasteiger partial charge in [-0.25, -0.2) is 4.79 Å². The van der Waals surface area contributed by atoms with E-state index in [-0.39, 0.29) is 6.09 Å². The Bertz CT molecular complexity index is 354. The van der Waals surface area contributed by atoms with Crippen LogP contribution in [0.1, 0.15) is 6.42 Å². The molecule has 0 saturated carbocycles. The predicted molar refractivity (Wildman–Crippen MR) is 52.0 cm³/mol. The number of pyridine rings is 1. The average Bonchev–Trinajstić information content (AvgIpc) is 2.20. The molecule has 1 aromatic rings. The highest BCUT2D eigenvalue weighted by atomic mass is 16.6. The lowest BCUT2D eigenvalue weighted by molar-refractivity contribution is 0.140. The number of nitrogen functional groups attached to an aromatic ring is 1. The summed E-state index contributed by atoms with van der Waals surface area (Å²) in [6.07, 6.45) is 3.62. The van der Waals surface area contributed by atoms with Crippen LogP contribution in [0, 0.1) is 0 Å². The number of amides is 1. The zero-order chi connectivity index (χ0) is 9.97. The lowest BCUT2D eigenvalue weighted by Crippen LogP contribution is -2.38. The quantitative estimate of drug-likeness (QED) is 0.722. The number of hydrogen-bond donors (Lipinski definition) is 1. The molecule has 5 heteroatoms. The smallest absolute Gasteiger partial charge is 0.414 e. The first-order valence-electron chi connectivity index (χ1n) is 4.43. The minimum absolute atomic E-state index is 0.339. The molecular formula is C9H11N3O2. The normalized spacial score (nSPS) is 16.6. The Hall–Kier alpha value is -1.78. The van der Waals surface area contributed by atoms with Gasteiger partial charge in [-0.15, -0.1) is 0 Å². The number of carbonyl (C=O) groups excluding carboxylic acids is 1. The molecular weight excluding hydrogens is 182 g/mol. The van der Waals surface area contributed by atoms with Gasteiger partial charge in [-0.2, -0.15) is 0 Å². The predicted octanol–water partition coefficient (Wildman–Crippen LogP) is 1.01. The molecule has 74 valence electrons. The van der Waals surface area contributed by atoms with Gasteiger partial charge in [0.2, 0.25) is 0 Å². The number of nitrogens with zero attached hydrogens (tertiary/aromatic N) is 2. The molecule has 1 aliphatic heterocycles. The van der Waals surface area contributed by atoms with Crippen LogP contribution >= 0.6 is 0 Å². The van der Waals surface area contributed by atoms with Crippen LogP contribution in [0.5, 0.6) is 0 Å². The van der Waals surface area contributed by atoms with Gasteiger partial charge in [0.15, 0.2) is 0 Å². The Morgan fingerprint density at radius 1 is 1.57 bits per heavy atom. The van der Waals surface area contributed by atoms with E-state index in [1.807, 2.05) is 0 Å². The molecule has 0 radical (unpaired) electrons. The molecule has 5 nitrogen and oxygen atoms in total. The number of anilines is 2. The van der Waals surface area contributed by atoms with E-state index in [2.05, 4.69) is 4.98 Å². The Morgan fingerprint density at radius 2 is 2.43 bits per heavy atom. The first kappa shape index (κ1) is 8.80. The van der Waals surface area contributed by atoms with Gasteiger partial charge in [-0.1, -0.05) is 0 Å². The molecule has 1 aliphatic rings. The molecule has 1 amide bonds. The van der Waals surface area contributed by atoms with Crippen molar-refractivity contribution in [1.29, 1.82) is 0 Å². The number of hydrogen-bond acceptors (Lipinski definition) is 4. The van der Waals surface area contributed by atoms with E-state index in [0.29, 0.717) is 24.5 Å². The number of rotatable bonds is 1. The van der Waals surface area contributed by atoms with Crippen LogP contribution in [0.15, 0.2) is 18.5 Å². The van der Waals surface area contributed by atoms with E-state index in [0.717, 1.165) is 6.42 Å². The number of cyclic esters (lactones) is 1. The van der Waals surface area contributed by atoms with Gasteiger partial charge in [0.1, 0.15) is 0 Å². The molecule has 0 spiro atoms. The van der Waals surface area contributed by atoms with Gasteiger partial charge in [0.05, 0.1) is 24.2 Å². The van der Waals surface area contributed by atoms with Crippen molar-refractivity contribution >= 4 is 17.5 Å². The minimum atomic E-state index is -0.339. The maximum atomic E-state index is 11.4. The monoisotopic (exact) mass is 193 g/mol. The van der Waals surface area contributed by atoms with E-state index in [9.17, 15) is 4.79 Å². The molecule has 0 bridgehead atoms. The number of nitrogens with two attached hydrogens (primary N) is 1. The van der Waals surface area contributed by atoms with Crippen LogP contribution in [0.4, 0.5) is 16.2 Å². The summed E-state index contributed by atoms with van der Waals surface area (Å²) in [7, 11) is 0. The molecule has 2 heterocycles. The van der Waals surface area contributed by atoms with E-state index in [1.165, 1.54) is 11.1 Å². The largest absolute Gasteiger partial charge is 0.449 e. The standard InChI is InChI=1S/C9H11N3O2/c10-7-6-11-3-2-8(7)12-4-1-5-14-9(12)13/h2-3,6H,1,4-5,10H2. The van der Waals surface area contributed by atoms with Crippen molar-refractivity contribution in [2.45, 2.75) is 6.42 Å². The average molecular weight is 193 g/mol. The van der Waals surface area contributed by atoms with Crippen molar-refractivity contribution < 1.29 is 9.53 Å². The fourth-order valence-corrected chi connectivity index (χ4v) is 1.42. The van der Waals surface area contributed by atoms with E-state index < -0.39 is 0 Å². The van der Waals surface area contributed by atoms with Crippen molar-refractivity contribution in [2.24, 2.45) is 0 Å². The molecule has 2 rings (SSSR count). The molecule has 0 atom stereocenters. The SMILES string of the molecule is Nc1cnccc1N1CCCOC1=O. The van der Waals surface area contributed by atoms with Gasteiger partial charge >= 0.3 is 6.09 Å². The van der Waals surface area contributed by atoms with Crippen LogP contribution in [0.3, 0.4) is 0 Å². The van der Waals surface area contributed by atoms with E-state index in [1.54, 1.807) is 12.3 Å². The Balaban J connectivity index is 2.29. The molecule has 0 aliphatic carbocycles. The Morgan fingerprint density at radius 3 is 3.14 bits per heavy atom. The summed E-state index contributed by atoms with van der Waals surface area (Å²) in [4.78, 5) is 16.8. The van der Waals surface area contributed by atoms with Crippen LogP contribution in [-0.4, -0.2) is 24.2 Å². The summed E-state index contributed by atoms with van der Waals surface area (Å²) in [6, 6.07) is 1.71. The third kappa shape index (κ3) is 1.48. The van der Waals surface area contributed by atoms with E-state index >= 15 is 0 Å². The van der Waals surface area contributed by atoms with Crippen molar-refractivity contribution in [3.8, 4) is 0 Å². The molecule has 2 N–H and O–H groups in total. The lowest BCUT2D eigenvalue weighted by atomic mass is 10.3. The van der Waals surface area contributed by atoms with Crippen LogP contribution < -0.4 is 10.6 Å². The highest BCUT2D eigenvalue weighted by molar-refractivity contribution is 5.91. The van der Waals surface area contributed by atoms with Crippen LogP contribution in [0.2, 0.25) is 0 Å². The first-order chi connectivity index (χ1) is 6.79. The Labute approximate surface area is 81.5 Å². The molecule has 14 heavy (non-hydrogen) atoms. The molecule has 1 saturated heterocycles. The summed E-state index contributed by atoms with van der Waals surface area (Å²) in [6.45, 7) is 1.13. The lowest BCUT2D eigenvalue weighted by Gasteiger charge is -2.26. The van der Waals surface area contributed by atoms with Crippen molar-refractivity contribution in [3.63, 3.8) is 0 Å². The summed E-state index contributed by atoms with van der Waals surface area (Å²) in [5.74, 6) is 0. The summed E-state index contributed by atoms with van der Waals surface area (Å²) >= 11 is 0. The summed E-state index contributed by atoms with van der Waals surface area (Å²) in [5, 5.41) is 0. The van der Waals surface area contributed by atoms with Gasteiger partial charge in [-0.05, 0) is 12.5 Å². The number of ether oxygens (including phenoxy) is 1. The van der Waals surface area contributed by atoms with Crippen molar-refractivity contribution in [2.75, 3.05) is 23.8 Å². The van der Waals surface area contributed by atoms with Gasteiger partial charge in [-0.3, -0.25) is 9.88 Å². The molecule has 1 aromatic heterocycles. The maximum absolute atomic E-state index is 11.4. The number of carbonyl (C=O) groups is 1. The highest BCUT2D eigenvalue weighted by Gasteiger charge is 2.22. The summed E-state index contributed by atoms with van der Waals surface area (Å²) in [5.41, 5.74) is 6.86. The zero-order valence-electron chi connectivity index (χ0n) is 7.64. The maximum Gasteiger partial charge on any atom is 0.414 e. The molecule has 0 unspecified atom stereocenters.